The normalized spacial score (nSPS) is 48.9. The van der Waals surface area contributed by atoms with Crippen molar-refractivity contribution in [1.29, 1.82) is 0 Å². The van der Waals surface area contributed by atoms with Crippen molar-refractivity contribution in [3.8, 4) is 0 Å². The lowest BCUT2D eigenvalue weighted by Gasteiger charge is -2.51. The number of carbonyl (C=O) groups excluding carboxylic acids is 3. The number of hydrogen-bond acceptors (Lipinski definition) is 36. The van der Waals surface area contributed by atoms with Gasteiger partial charge in [0.2, 0.25) is 17.7 Å². The summed E-state index contributed by atoms with van der Waals surface area (Å²) >= 11 is 0. The highest BCUT2D eigenvalue weighted by Gasteiger charge is 2.59. The van der Waals surface area contributed by atoms with Crippen molar-refractivity contribution in [1.82, 2.24) is 16.0 Å². The van der Waals surface area contributed by atoms with E-state index in [1.165, 1.54) is 0 Å². The average molecular weight is 1280 g/mol. The van der Waals surface area contributed by atoms with Crippen molar-refractivity contribution in [3.05, 3.63) is 0 Å². The maximum atomic E-state index is 12.9. The Morgan fingerprint density at radius 1 is 0.276 bits per heavy atom. The minimum Gasteiger partial charge on any atom is -0.394 e. The summed E-state index contributed by atoms with van der Waals surface area (Å²) in [5.41, 5.74) is 0. The van der Waals surface area contributed by atoms with Gasteiger partial charge in [0.15, 0.2) is 44.0 Å². The van der Waals surface area contributed by atoms with Gasteiger partial charge in [0.1, 0.15) is 171 Å². The zero-order valence-electron chi connectivity index (χ0n) is 46.6. The molecule has 0 aromatic rings. The van der Waals surface area contributed by atoms with E-state index in [4.69, 9.17) is 61.6 Å². The number of carbonyl (C=O) groups is 3. The smallest absolute Gasteiger partial charge is 0.217 e. The highest BCUT2D eigenvalue weighted by molar-refractivity contribution is 5.74. The summed E-state index contributed by atoms with van der Waals surface area (Å²) in [6.07, 6.45) is -62.1. The third-order valence-corrected chi connectivity index (χ3v) is 15.7. The van der Waals surface area contributed by atoms with Gasteiger partial charge in [-0.15, -0.1) is 0 Å². The topological polar surface area (TPSA) is 612 Å². The van der Waals surface area contributed by atoms with Gasteiger partial charge in [0.25, 0.3) is 0 Å². The van der Waals surface area contributed by atoms with Crippen LogP contribution in [0.2, 0.25) is 0 Å². The van der Waals surface area contributed by atoms with Crippen LogP contribution in [-0.4, -0.2) is 381 Å². The second-order valence-corrected chi connectivity index (χ2v) is 21.8. The predicted molar refractivity (Wildman–Crippen MR) is 267 cm³/mol. The molecule has 0 aliphatic carbocycles. The first-order valence-electron chi connectivity index (χ1n) is 27.6. The molecule has 35 atom stereocenters. The van der Waals surface area contributed by atoms with Crippen LogP contribution in [0.5, 0.6) is 0 Å². The van der Waals surface area contributed by atoms with Crippen molar-refractivity contribution in [2.24, 2.45) is 0 Å². The first kappa shape index (κ1) is 71.5. The van der Waals surface area contributed by atoms with Crippen LogP contribution in [0.15, 0.2) is 0 Å². The van der Waals surface area contributed by atoms with Gasteiger partial charge >= 0.3 is 0 Å². The number of aliphatic hydroxyl groups is 20. The zero-order valence-corrected chi connectivity index (χ0v) is 46.6. The van der Waals surface area contributed by atoms with E-state index in [1.54, 1.807) is 0 Å². The Kier molecular flexibility index (Phi) is 25.6. The summed E-state index contributed by atoms with van der Waals surface area (Å²) < 4.78 is 75.2. The highest BCUT2D eigenvalue weighted by Crippen LogP contribution is 2.38. The molecular weight excluding hydrogens is 1190 g/mol. The Hall–Kier alpha value is -2.91. The Morgan fingerprint density at radius 2 is 0.506 bits per heavy atom. The van der Waals surface area contributed by atoms with E-state index in [0.717, 1.165) is 20.8 Å². The molecule has 39 nitrogen and oxygen atoms in total. The largest absolute Gasteiger partial charge is 0.394 e. The van der Waals surface area contributed by atoms with Crippen molar-refractivity contribution in [2.75, 3.05) is 46.2 Å². The second-order valence-electron chi connectivity index (χ2n) is 21.8. The third kappa shape index (κ3) is 15.6. The van der Waals surface area contributed by atoms with Gasteiger partial charge in [-0.1, -0.05) is 0 Å². The number of aliphatic hydroxyl groups excluding tert-OH is 20. The molecule has 7 fully saturated rings. The molecule has 0 spiro atoms. The molecule has 23 N–H and O–H groups in total. The molecule has 7 heterocycles. The van der Waals surface area contributed by atoms with Crippen LogP contribution in [0.3, 0.4) is 0 Å². The molecule has 0 radical (unpaired) electrons. The van der Waals surface area contributed by atoms with Crippen LogP contribution in [0.1, 0.15) is 20.8 Å². The van der Waals surface area contributed by atoms with Crippen molar-refractivity contribution in [3.63, 3.8) is 0 Å². The molecule has 7 aliphatic heterocycles. The highest BCUT2D eigenvalue weighted by atomic mass is 16.8. The van der Waals surface area contributed by atoms with E-state index in [9.17, 15) is 117 Å². The molecule has 7 saturated heterocycles. The number of rotatable bonds is 22. The third-order valence-electron chi connectivity index (χ3n) is 15.7. The number of nitrogens with one attached hydrogen (secondary N) is 3. The predicted octanol–water partition coefficient (Wildman–Crippen LogP) is -15.8. The summed E-state index contributed by atoms with van der Waals surface area (Å²) in [7, 11) is 0. The fourth-order valence-corrected chi connectivity index (χ4v) is 11.2. The van der Waals surface area contributed by atoms with Gasteiger partial charge < -0.3 is 180 Å². The Morgan fingerprint density at radius 3 is 0.793 bits per heavy atom. The second kappa shape index (κ2) is 31.1. The monoisotopic (exact) mass is 1280 g/mol. The molecule has 7 rings (SSSR count). The van der Waals surface area contributed by atoms with Crippen molar-refractivity contribution in [2.45, 2.75) is 236 Å². The Balaban J connectivity index is 1.09. The first-order chi connectivity index (χ1) is 41.2. The van der Waals surface area contributed by atoms with Crippen LogP contribution in [0.4, 0.5) is 0 Å². The van der Waals surface area contributed by atoms with E-state index < -0.39 is 279 Å². The molecule has 0 aromatic heterocycles. The molecule has 0 bridgehead atoms. The molecule has 0 saturated carbocycles. The fraction of sp³-hybridized carbons (Fsp3) is 0.938. The van der Waals surface area contributed by atoms with Crippen LogP contribution in [0.25, 0.3) is 0 Å². The molecule has 7 aliphatic rings. The summed E-state index contributed by atoms with van der Waals surface area (Å²) in [5.74, 6) is -2.59. The molecule has 0 aromatic carbocycles. The summed E-state index contributed by atoms with van der Waals surface area (Å²) in [6.45, 7) is -4.08. The van der Waals surface area contributed by atoms with Gasteiger partial charge in [0.05, 0.1) is 46.2 Å². The number of amides is 3. The molecule has 87 heavy (non-hydrogen) atoms. The average Bonchev–Trinajstić information content (AvgIpc) is 1.16. The van der Waals surface area contributed by atoms with Gasteiger partial charge in [-0.2, -0.15) is 0 Å². The Bertz CT molecular complexity index is 2180. The first-order valence-corrected chi connectivity index (χ1v) is 27.6. The van der Waals surface area contributed by atoms with Crippen LogP contribution >= 0.6 is 0 Å². The van der Waals surface area contributed by atoms with E-state index in [-0.39, 0.29) is 0 Å². The molecule has 39 heteroatoms. The maximum absolute atomic E-state index is 12.9. The number of hydrogen-bond donors (Lipinski definition) is 23. The molecular formula is C48H81N3O36. The Labute approximate surface area is 492 Å². The van der Waals surface area contributed by atoms with Gasteiger partial charge in [0, 0.05) is 20.8 Å². The van der Waals surface area contributed by atoms with E-state index >= 15 is 0 Å². The molecule has 3 amide bonds. The van der Waals surface area contributed by atoms with Gasteiger partial charge in [-0.25, -0.2) is 0 Å². The lowest BCUT2D eigenvalue weighted by molar-refractivity contribution is -0.384. The van der Waals surface area contributed by atoms with Crippen molar-refractivity contribution < 1.29 is 178 Å². The van der Waals surface area contributed by atoms with E-state index in [1.807, 2.05) is 0 Å². The summed E-state index contributed by atoms with van der Waals surface area (Å²) in [4.78, 5) is 38.1. The lowest BCUT2D eigenvalue weighted by Crippen LogP contribution is -2.71. The standard InChI is InChI=1S/C48H81N3O36/c1-11(59)49-21-39(85-46-33(71)28(66)24(62)14(4-52)79-46)25(63)15(5-53)77-44(21)83-37-19(9-57)81-48(35(73)30(37)68)87-41-23(51-13(3)61)45(78-17(7-55)27(41)65)84-38-20(10-58)80-47(34(72)31(38)69)86-40-22(50-12(2)60)43(76-16(6-54)26(40)64)82-36-18(8-56)75-42(74)32(70)29(36)67/h14-48,52-58,62-74H,4-10H2,1-3H3,(H,49,59)(H,50,60)(H,51,61)/t14-,15-,16-,17-,18-,19-,20-,21-,22-,23-,24-,25-,26-,27-,28+,29-,30-,31-,32-,33-,34-,35-,36-,37-,38-,39-,40-,41-,42?,43+,44+,45+,46+,47+,48+/m1/s1. The number of ether oxygens (including phenoxy) is 13. The molecule has 504 valence electrons. The fourth-order valence-electron chi connectivity index (χ4n) is 11.2. The quantitative estimate of drug-likeness (QED) is 0.0479. The zero-order chi connectivity index (χ0) is 64.2. The van der Waals surface area contributed by atoms with Crippen molar-refractivity contribution >= 4 is 17.7 Å². The minimum atomic E-state index is -2.30. The SMILES string of the molecule is CC(=O)N[C@H]1[C@H](O[C@H]2[C@H](O)[C@@H](O)[C@H](O[C@H]3[C@H](O)[C@@H](CO)O[C@@H](O[C@H]4[C@H](O)[C@@H](O)[C@H](O[C@H]5[C@H](O)[C@@H](CO)O[C@@H](O[C@H]6[C@H](O)[C@@H](O)C(O)O[C@@H]6CO)[C@@H]5NC(C)=O)O[C@@H]4CO)[C@@H]3NC(C)=O)O[C@@H]2CO)O[C@H](CO)[C@@H](O)[C@@H]1O[C@@H]1O[C@H](CO)[C@@H](O)[C@H](O)[C@H]1O. The minimum absolute atomic E-state index is 0.840. The lowest BCUT2D eigenvalue weighted by atomic mass is 9.93. The molecule has 1 unspecified atom stereocenters. The van der Waals surface area contributed by atoms with Crippen LogP contribution in [0, 0.1) is 0 Å². The maximum Gasteiger partial charge on any atom is 0.217 e. The van der Waals surface area contributed by atoms with E-state index in [0.29, 0.717) is 0 Å². The summed E-state index contributed by atoms with van der Waals surface area (Å²) in [5, 5.41) is 223. The summed E-state index contributed by atoms with van der Waals surface area (Å²) in [6, 6.07) is -5.28. The van der Waals surface area contributed by atoms with E-state index in [2.05, 4.69) is 16.0 Å². The van der Waals surface area contributed by atoms with Gasteiger partial charge in [-0.3, -0.25) is 14.4 Å². The van der Waals surface area contributed by atoms with Crippen LogP contribution in [-0.2, 0) is 76.0 Å². The van der Waals surface area contributed by atoms with Crippen LogP contribution < -0.4 is 16.0 Å². The van der Waals surface area contributed by atoms with Gasteiger partial charge in [-0.05, 0) is 0 Å².